The topological polar surface area (TPSA) is 140 Å². The highest BCUT2D eigenvalue weighted by molar-refractivity contribution is 7.91. The van der Waals surface area contributed by atoms with Crippen LogP contribution in [-0.4, -0.2) is 34.7 Å². The summed E-state index contributed by atoms with van der Waals surface area (Å²) in [6.45, 7) is 1.71. The van der Waals surface area contributed by atoms with Crippen molar-refractivity contribution in [1.29, 1.82) is 0 Å². The molecule has 4 rings (SSSR count). The van der Waals surface area contributed by atoms with Gasteiger partial charge in [0.15, 0.2) is 0 Å². The van der Waals surface area contributed by atoms with Crippen LogP contribution in [0.25, 0.3) is 11.4 Å². The third-order valence-corrected chi connectivity index (χ3v) is 7.38. The minimum Gasteiger partial charge on any atom is -0.338 e. The highest BCUT2D eigenvalue weighted by atomic mass is 35.5. The van der Waals surface area contributed by atoms with E-state index >= 15 is 0 Å². The van der Waals surface area contributed by atoms with Crippen LogP contribution >= 0.6 is 34.5 Å². The molecule has 0 aliphatic carbocycles. The smallest absolute Gasteiger partial charge is 0.270 e. The standard InChI is InChI=1S/C19H14Cl2N6O4S2/c1-10-2-4-11(5-3-10)16-23-15(31-27-16)9-22-33(29,30)19-26-25-18(32-19)24-17(28)13-7-6-12(20)8-14(13)21/h2-8,22H,9H2,1H3,(H,24,25,28). The van der Waals surface area contributed by atoms with Crippen LogP contribution in [0.4, 0.5) is 5.13 Å². The van der Waals surface area contributed by atoms with Crippen molar-refractivity contribution >= 4 is 55.6 Å². The van der Waals surface area contributed by atoms with E-state index in [-0.39, 0.29) is 32.5 Å². The number of hydrogen-bond acceptors (Lipinski definition) is 9. The van der Waals surface area contributed by atoms with Crippen LogP contribution in [-0.2, 0) is 16.6 Å². The van der Waals surface area contributed by atoms with E-state index in [1.807, 2.05) is 31.2 Å². The normalized spacial score (nSPS) is 11.5. The molecule has 2 aromatic carbocycles. The van der Waals surface area contributed by atoms with Crippen molar-refractivity contribution < 1.29 is 17.7 Å². The predicted molar refractivity (Wildman–Crippen MR) is 123 cm³/mol. The molecule has 0 fully saturated rings. The van der Waals surface area contributed by atoms with E-state index in [1.54, 1.807) is 0 Å². The number of aromatic nitrogens is 4. The van der Waals surface area contributed by atoms with Gasteiger partial charge in [-0.15, -0.1) is 10.2 Å². The van der Waals surface area contributed by atoms with Crippen LogP contribution in [0.1, 0.15) is 21.8 Å². The first-order valence-electron chi connectivity index (χ1n) is 9.20. The number of nitrogens with zero attached hydrogens (tertiary/aromatic N) is 4. The summed E-state index contributed by atoms with van der Waals surface area (Å²) in [4.78, 5) is 16.5. The maximum atomic E-state index is 12.5. The molecule has 14 heteroatoms. The number of sulfonamides is 1. The van der Waals surface area contributed by atoms with Crippen LogP contribution in [0, 0.1) is 6.92 Å². The second-order valence-corrected chi connectivity index (χ2v) is 10.4. The molecule has 33 heavy (non-hydrogen) atoms. The highest BCUT2D eigenvalue weighted by Crippen LogP contribution is 2.24. The van der Waals surface area contributed by atoms with Gasteiger partial charge in [0.05, 0.1) is 17.1 Å². The molecule has 2 heterocycles. The molecule has 0 aliphatic rings. The summed E-state index contributed by atoms with van der Waals surface area (Å²) in [5.74, 6) is -0.172. The first-order chi connectivity index (χ1) is 15.7. The van der Waals surface area contributed by atoms with Crippen LogP contribution in [0.3, 0.4) is 0 Å². The number of carbonyl (C=O) groups excluding carboxylic acids is 1. The van der Waals surface area contributed by atoms with Crippen molar-refractivity contribution in [3.63, 3.8) is 0 Å². The molecule has 0 bridgehead atoms. The molecule has 0 unspecified atom stereocenters. The molecule has 0 spiro atoms. The lowest BCUT2D eigenvalue weighted by atomic mass is 10.1. The largest absolute Gasteiger partial charge is 0.338 e. The van der Waals surface area contributed by atoms with Gasteiger partial charge in [0.1, 0.15) is 0 Å². The average Bonchev–Trinajstić information content (AvgIpc) is 3.43. The molecule has 170 valence electrons. The summed E-state index contributed by atoms with van der Waals surface area (Å²) in [6.07, 6.45) is 0. The number of amides is 1. The summed E-state index contributed by atoms with van der Waals surface area (Å²) in [5, 5.41) is 14.1. The molecule has 0 saturated carbocycles. The molecular weight excluding hydrogens is 511 g/mol. The summed E-state index contributed by atoms with van der Waals surface area (Å²) in [6, 6.07) is 11.8. The van der Waals surface area contributed by atoms with Crippen molar-refractivity contribution in [2.45, 2.75) is 17.8 Å². The lowest BCUT2D eigenvalue weighted by Gasteiger charge is -2.03. The van der Waals surface area contributed by atoms with Gasteiger partial charge in [-0.3, -0.25) is 10.1 Å². The molecule has 1 amide bonds. The van der Waals surface area contributed by atoms with E-state index < -0.39 is 15.9 Å². The zero-order valence-electron chi connectivity index (χ0n) is 16.7. The fourth-order valence-electron chi connectivity index (χ4n) is 2.57. The molecule has 4 aromatic rings. The average molecular weight is 525 g/mol. The molecule has 2 aromatic heterocycles. The van der Waals surface area contributed by atoms with Crippen molar-refractivity contribution in [2.24, 2.45) is 0 Å². The van der Waals surface area contributed by atoms with Gasteiger partial charge in [0, 0.05) is 10.6 Å². The Balaban J connectivity index is 1.40. The van der Waals surface area contributed by atoms with E-state index in [2.05, 4.69) is 30.4 Å². The number of carbonyl (C=O) groups is 1. The van der Waals surface area contributed by atoms with E-state index in [9.17, 15) is 13.2 Å². The first-order valence-corrected chi connectivity index (χ1v) is 12.3. The second-order valence-electron chi connectivity index (χ2n) is 6.65. The summed E-state index contributed by atoms with van der Waals surface area (Å²) in [5.41, 5.74) is 1.97. The Kier molecular flexibility index (Phi) is 6.72. The third kappa shape index (κ3) is 5.54. The Morgan fingerprint density at radius 3 is 2.61 bits per heavy atom. The van der Waals surface area contributed by atoms with Crippen molar-refractivity contribution in [3.8, 4) is 11.4 Å². The van der Waals surface area contributed by atoms with E-state index in [1.165, 1.54) is 18.2 Å². The Labute approximate surface area is 202 Å². The molecule has 2 N–H and O–H groups in total. The number of halogens is 2. The van der Waals surface area contributed by atoms with Gasteiger partial charge in [-0.2, -0.15) is 9.71 Å². The van der Waals surface area contributed by atoms with Gasteiger partial charge in [-0.1, -0.05) is 69.5 Å². The monoisotopic (exact) mass is 524 g/mol. The van der Waals surface area contributed by atoms with E-state index in [4.69, 9.17) is 27.7 Å². The molecular formula is C19H14Cl2N6O4S2. The Morgan fingerprint density at radius 1 is 1.12 bits per heavy atom. The molecule has 10 nitrogen and oxygen atoms in total. The Bertz CT molecular complexity index is 1420. The number of aryl methyl sites for hydroxylation is 1. The van der Waals surface area contributed by atoms with Gasteiger partial charge in [0.25, 0.3) is 15.9 Å². The van der Waals surface area contributed by atoms with Gasteiger partial charge in [-0.25, -0.2) is 8.42 Å². The Hall–Kier alpha value is -2.90. The quantitative estimate of drug-likeness (QED) is 0.346. The maximum absolute atomic E-state index is 12.5. The van der Waals surface area contributed by atoms with Crippen LogP contribution in [0.5, 0.6) is 0 Å². The SMILES string of the molecule is Cc1ccc(-c2noc(CNS(=O)(=O)c3nnc(NC(=O)c4ccc(Cl)cc4Cl)s3)n2)cc1. The minimum atomic E-state index is -4.04. The predicted octanol–water partition coefficient (Wildman–Crippen LogP) is 3.93. The fraction of sp³-hybridized carbons (Fsp3) is 0.105. The number of benzene rings is 2. The summed E-state index contributed by atoms with van der Waals surface area (Å²) < 4.78 is 32.2. The molecule has 0 saturated heterocycles. The van der Waals surface area contributed by atoms with Gasteiger partial charge in [0.2, 0.25) is 21.2 Å². The van der Waals surface area contributed by atoms with Crippen molar-refractivity contribution in [3.05, 3.63) is 69.5 Å². The number of nitrogens with one attached hydrogen (secondary N) is 2. The molecule has 0 radical (unpaired) electrons. The van der Waals surface area contributed by atoms with E-state index in [0.717, 1.165) is 11.1 Å². The summed E-state index contributed by atoms with van der Waals surface area (Å²) >= 11 is 12.5. The van der Waals surface area contributed by atoms with Gasteiger partial charge in [-0.05, 0) is 25.1 Å². The highest BCUT2D eigenvalue weighted by Gasteiger charge is 2.23. The first kappa shape index (κ1) is 23.3. The number of hydrogen-bond donors (Lipinski definition) is 2. The fourth-order valence-corrected chi connectivity index (χ4v) is 4.98. The zero-order chi connectivity index (χ0) is 23.6. The molecule has 0 aliphatic heterocycles. The van der Waals surface area contributed by atoms with Crippen molar-refractivity contribution in [1.82, 2.24) is 25.1 Å². The second kappa shape index (κ2) is 9.53. The lowest BCUT2D eigenvalue weighted by molar-refractivity contribution is 0.102. The lowest BCUT2D eigenvalue weighted by Crippen LogP contribution is -2.23. The number of rotatable bonds is 7. The van der Waals surface area contributed by atoms with E-state index in [0.29, 0.717) is 22.2 Å². The van der Waals surface area contributed by atoms with Crippen LogP contribution in [0.15, 0.2) is 51.3 Å². The zero-order valence-corrected chi connectivity index (χ0v) is 19.9. The Morgan fingerprint density at radius 2 is 1.88 bits per heavy atom. The number of anilines is 1. The third-order valence-electron chi connectivity index (χ3n) is 4.22. The molecule has 0 atom stereocenters. The van der Waals surface area contributed by atoms with Crippen molar-refractivity contribution in [2.75, 3.05) is 5.32 Å². The summed E-state index contributed by atoms with van der Waals surface area (Å²) in [7, 11) is -4.04. The minimum absolute atomic E-state index is 0.0224. The maximum Gasteiger partial charge on any atom is 0.270 e. The van der Waals surface area contributed by atoms with Crippen LogP contribution in [0.2, 0.25) is 10.0 Å². The van der Waals surface area contributed by atoms with Gasteiger partial charge < -0.3 is 4.52 Å². The van der Waals surface area contributed by atoms with Gasteiger partial charge >= 0.3 is 0 Å². The van der Waals surface area contributed by atoms with Crippen LogP contribution < -0.4 is 10.0 Å².